The van der Waals surface area contributed by atoms with Crippen molar-refractivity contribution in [2.45, 2.75) is 13.1 Å². The number of anilines is 1. The fraction of sp³-hybridized carbons (Fsp3) is 0.118. The molecule has 0 saturated heterocycles. The van der Waals surface area contributed by atoms with E-state index in [0.717, 1.165) is 4.47 Å². The molecule has 26 heavy (non-hydrogen) atoms. The average molecular weight is 428 g/mol. The van der Waals surface area contributed by atoms with Gasteiger partial charge in [0, 0.05) is 15.7 Å². The van der Waals surface area contributed by atoms with Gasteiger partial charge in [0.15, 0.2) is 0 Å². The number of carbonyl (C=O) groups is 2. The lowest BCUT2D eigenvalue weighted by Gasteiger charge is -2.09. The molecule has 2 amide bonds. The highest BCUT2D eigenvalue weighted by molar-refractivity contribution is 9.10. The summed E-state index contributed by atoms with van der Waals surface area (Å²) in [5.74, 6) is -2.49. The minimum atomic E-state index is -4.97. The highest BCUT2D eigenvalue weighted by Gasteiger charge is 2.38. The summed E-state index contributed by atoms with van der Waals surface area (Å²) in [7, 11) is 0. The van der Waals surface area contributed by atoms with Crippen LogP contribution < -0.4 is 10.7 Å². The second kappa shape index (κ2) is 8.13. The molecule has 0 aliphatic heterocycles. The molecule has 0 aliphatic rings. The molecule has 2 aromatic rings. The molecule has 0 atom stereocenters. The van der Waals surface area contributed by atoms with Crippen LogP contribution in [0.15, 0.2) is 58.1 Å². The van der Waals surface area contributed by atoms with Crippen LogP contribution in [-0.2, 0) is 4.79 Å². The van der Waals surface area contributed by atoms with Gasteiger partial charge in [-0.2, -0.15) is 18.3 Å². The van der Waals surface area contributed by atoms with E-state index in [1.807, 2.05) is 0 Å². The van der Waals surface area contributed by atoms with Gasteiger partial charge in [-0.3, -0.25) is 9.59 Å². The van der Waals surface area contributed by atoms with Crippen LogP contribution in [0.1, 0.15) is 22.8 Å². The Hall–Kier alpha value is -2.68. The zero-order chi connectivity index (χ0) is 19.3. The minimum absolute atomic E-state index is 0.0291. The third-order valence-electron chi connectivity index (χ3n) is 3.23. The quantitative estimate of drug-likeness (QED) is 0.569. The van der Waals surface area contributed by atoms with E-state index in [9.17, 15) is 22.8 Å². The Bertz CT molecular complexity index is 849. The van der Waals surface area contributed by atoms with Crippen LogP contribution in [0.5, 0.6) is 0 Å². The molecule has 5 nitrogen and oxygen atoms in total. The van der Waals surface area contributed by atoms with Gasteiger partial charge in [0.25, 0.3) is 5.91 Å². The Kier molecular flexibility index (Phi) is 6.14. The van der Waals surface area contributed by atoms with Gasteiger partial charge < -0.3 is 5.32 Å². The Balaban J connectivity index is 2.09. The van der Waals surface area contributed by atoms with E-state index < -0.39 is 18.0 Å². The van der Waals surface area contributed by atoms with Gasteiger partial charge in [0.05, 0.1) is 5.71 Å². The Morgan fingerprint density at radius 2 is 1.69 bits per heavy atom. The van der Waals surface area contributed by atoms with Crippen LogP contribution in [0, 0.1) is 0 Å². The largest absolute Gasteiger partial charge is 0.471 e. The van der Waals surface area contributed by atoms with Gasteiger partial charge in [-0.1, -0.05) is 28.1 Å². The number of carbonyl (C=O) groups excluding carboxylic acids is 2. The molecule has 136 valence electrons. The van der Waals surface area contributed by atoms with Crippen molar-refractivity contribution in [3.8, 4) is 0 Å². The highest BCUT2D eigenvalue weighted by atomic mass is 79.9. The number of rotatable bonds is 4. The monoisotopic (exact) mass is 427 g/mol. The molecule has 2 N–H and O–H groups in total. The zero-order valence-electron chi connectivity index (χ0n) is 13.4. The lowest BCUT2D eigenvalue weighted by Crippen LogP contribution is -2.29. The van der Waals surface area contributed by atoms with E-state index >= 15 is 0 Å². The van der Waals surface area contributed by atoms with Crippen molar-refractivity contribution in [2.75, 3.05) is 5.32 Å². The number of hydrazone groups is 1. The first-order chi connectivity index (χ1) is 12.2. The van der Waals surface area contributed by atoms with Gasteiger partial charge in [0.1, 0.15) is 0 Å². The van der Waals surface area contributed by atoms with E-state index in [-0.39, 0.29) is 5.69 Å². The topological polar surface area (TPSA) is 70.6 Å². The van der Waals surface area contributed by atoms with Crippen LogP contribution in [-0.4, -0.2) is 23.7 Å². The molecule has 9 heteroatoms. The van der Waals surface area contributed by atoms with E-state index in [1.54, 1.807) is 42.6 Å². The number of hydrogen-bond donors (Lipinski definition) is 2. The van der Waals surface area contributed by atoms with Gasteiger partial charge in [-0.15, -0.1) is 0 Å². The molecule has 0 spiro atoms. The fourth-order valence-electron chi connectivity index (χ4n) is 1.89. The predicted octanol–water partition coefficient (Wildman–Crippen LogP) is 4.10. The molecular formula is C17H13BrF3N3O2. The van der Waals surface area contributed by atoms with Gasteiger partial charge in [-0.25, -0.2) is 5.43 Å². The first-order valence-corrected chi connectivity index (χ1v) is 8.05. The summed E-state index contributed by atoms with van der Waals surface area (Å²) in [6.07, 6.45) is -4.97. The van der Waals surface area contributed by atoms with E-state index in [0.29, 0.717) is 16.8 Å². The van der Waals surface area contributed by atoms with Gasteiger partial charge in [-0.05, 0) is 48.9 Å². The summed E-state index contributed by atoms with van der Waals surface area (Å²) in [4.78, 5) is 23.0. The Morgan fingerprint density at radius 3 is 2.31 bits per heavy atom. The Labute approximate surface area is 155 Å². The van der Waals surface area contributed by atoms with Crippen molar-refractivity contribution in [1.82, 2.24) is 5.43 Å². The maximum absolute atomic E-state index is 12.3. The molecule has 2 rings (SSSR count). The van der Waals surface area contributed by atoms with Crippen molar-refractivity contribution in [3.63, 3.8) is 0 Å². The van der Waals surface area contributed by atoms with Crippen LogP contribution in [0.3, 0.4) is 0 Å². The summed E-state index contributed by atoms with van der Waals surface area (Å²) in [5, 5.41) is 5.70. The number of nitrogens with zero attached hydrogens (tertiary/aromatic N) is 1. The summed E-state index contributed by atoms with van der Waals surface area (Å²) in [6.45, 7) is 1.58. The van der Waals surface area contributed by atoms with Crippen molar-refractivity contribution in [1.29, 1.82) is 0 Å². The van der Waals surface area contributed by atoms with E-state index in [1.165, 1.54) is 18.2 Å². The lowest BCUT2D eigenvalue weighted by atomic mass is 10.1. The predicted molar refractivity (Wildman–Crippen MR) is 94.9 cm³/mol. The van der Waals surface area contributed by atoms with Crippen LogP contribution in [0.25, 0.3) is 0 Å². The molecule has 0 saturated carbocycles. The summed E-state index contributed by atoms with van der Waals surface area (Å²) in [5.41, 5.74) is 3.54. The maximum atomic E-state index is 12.3. The van der Waals surface area contributed by atoms with Crippen LogP contribution in [0.2, 0.25) is 0 Å². The Morgan fingerprint density at radius 1 is 1.04 bits per heavy atom. The minimum Gasteiger partial charge on any atom is -0.318 e. The zero-order valence-corrected chi connectivity index (χ0v) is 15.0. The highest BCUT2D eigenvalue weighted by Crippen LogP contribution is 2.19. The van der Waals surface area contributed by atoms with Gasteiger partial charge >= 0.3 is 12.1 Å². The first-order valence-electron chi connectivity index (χ1n) is 7.25. The number of halogens is 4. The first kappa shape index (κ1) is 19.6. The number of hydrogen-bond acceptors (Lipinski definition) is 3. The number of nitrogens with one attached hydrogen (secondary N) is 2. The van der Waals surface area contributed by atoms with E-state index in [2.05, 4.69) is 26.5 Å². The smallest absolute Gasteiger partial charge is 0.318 e. The molecule has 2 aromatic carbocycles. The molecule has 0 aromatic heterocycles. The molecule has 0 radical (unpaired) electrons. The number of alkyl halides is 3. The normalized spacial score (nSPS) is 11.8. The molecule has 0 heterocycles. The van der Waals surface area contributed by atoms with E-state index in [4.69, 9.17) is 0 Å². The lowest BCUT2D eigenvalue weighted by molar-refractivity contribution is -0.167. The van der Waals surface area contributed by atoms with Crippen molar-refractivity contribution in [2.24, 2.45) is 5.10 Å². The molecule has 0 fully saturated rings. The average Bonchev–Trinajstić information content (AvgIpc) is 2.59. The second-order valence-corrected chi connectivity index (χ2v) is 6.09. The van der Waals surface area contributed by atoms with Crippen molar-refractivity contribution in [3.05, 3.63) is 64.1 Å². The van der Waals surface area contributed by atoms with Crippen molar-refractivity contribution < 1.29 is 22.8 Å². The fourth-order valence-corrected chi connectivity index (χ4v) is 2.15. The molecule has 0 aliphatic carbocycles. The van der Waals surface area contributed by atoms with Gasteiger partial charge in [0.2, 0.25) is 0 Å². The summed E-state index contributed by atoms with van der Waals surface area (Å²) >= 11 is 3.26. The maximum Gasteiger partial charge on any atom is 0.471 e. The second-order valence-electron chi connectivity index (χ2n) is 5.18. The third-order valence-corrected chi connectivity index (χ3v) is 3.76. The number of amides is 2. The molecule has 0 bridgehead atoms. The van der Waals surface area contributed by atoms with Crippen molar-refractivity contribution >= 4 is 39.1 Å². The van der Waals surface area contributed by atoms with Crippen LogP contribution >= 0.6 is 15.9 Å². The molecule has 0 unspecified atom stereocenters. The SMILES string of the molecule is C/C(=N/NC(=O)c1ccc(Br)cc1)c1cccc(NC(=O)C(F)(F)F)c1. The standard InChI is InChI=1S/C17H13BrF3N3O2/c1-10(23-24-15(25)11-5-7-13(18)8-6-11)12-3-2-4-14(9-12)22-16(26)17(19,20)21/h2-9H,1H3,(H,22,26)(H,24,25)/b23-10-. The third kappa shape index (κ3) is 5.41. The molecular weight excluding hydrogens is 415 g/mol. The summed E-state index contributed by atoms with van der Waals surface area (Å²) < 4.78 is 37.7. The summed E-state index contributed by atoms with van der Waals surface area (Å²) in [6, 6.07) is 12.3. The van der Waals surface area contributed by atoms with Crippen LogP contribution in [0.4, 0.5) is 18.9 Å². The number of benzene rings is 2.